The van der Waals surface area contributed by atoms with Crippen LogP contribution in [0, 0.1) is 0 Å². The van der Waals surface area contributed by atoms with Crippen LogP contribution in [0.15, 0.2) is 24.3 Å². The lowest BCUT2D eigenvalue weighted by Gasteiger charge is -2.20. The molecule has 172 valence electrons. The highest BCUT2D eigenvalue weighted by molar-refractivity contribution is 5.50. The van der Waals surface area contributed by atoms with Gasteiger partial charge in [0.1, 0.15) is 11.5 Å². The third kappa shape index (κ3) is 7.02. The fourth-order valence-corrected chi connectivity index (χ4v) is 4.59. The standard InChI is InChI=1S/C29H44O2/c1-5-9-13-24-22(17-19-28(30)26(24)15-11-7-3)21-23-18-20-29(31)27(16-12-8-4)25(23)14-10-6-2/h17-20,30-31H,5-16,21H2,1-4H3. The van der Waals surface area contributed by atoms with E-state index < -0.39 is 0 Å². The molecule has 0 heterocycles. The lowest BCUT2D eigenvalue weighted by atomic mass is 9.86. The quantitative estimate of drug-likeness (QED) is 0.322. The van der Waals surface area contributed by atoms with Crippen molar-refractivity contribution in [2.45, 2.75) is 111 Å². The zero-order chi connectivity index (χ0) is 22.6. The molecule has 0 saturated heterocycles. The van der Waals surface area contributed by atoms with E-state index in [9.17, 15) is 10.2 Å². The first-order valence-electron chi connectivity index (χ1n) is 12.7. The first-order chi connectivity index (χ1) is 15.1. The van der Waals surface area contributed by atoms with Crippen LogP contribution in [0.25, 0.3) is 0 Å². The predicted molar refractivity (Wildman–Crippen MR) is 133 cm³/mol. The summed E-state index contributed by atoms with van der Waals surface area (Å²) < 4.78 is 0. The second kappa shape index (κ2) is 13.5. The van der Waals surface area contributed by atoms with E-state index in [1.54, 1.807) is 0 Å². The number of benzene rings is 2. The van der Waals surface area contributed by atoms with Crippen LogP contribution in [0.2, 0.25) is 0 Å². The minimum absolute atomic E-state index is 0.462. The molecule has 0 spiro atoms. The lowest BCUT2D eigenvalue weighted by Crippen LogP contribution is -2.06. The summed E-state index contributed by atoms with van der Waals surface area (Å²) in [4.78, 5) is 0. The topological polar surface area (TPSA) is 40.5 Å². The van der Waals surface area contributed by atoms with Crippen molar-refractivity contribution >= 4 is 0 Å². The normalized spacial score (nSPS) is 11.2. The summed E-state index contributed by atoms with van der Waals surface area (Å²) in [5, 5.41) is 21.2. The van der Waals surface area contributed by atoms with Gasteiger partial charge in [-0.25, -0.2) is 0 Å². The third-order valence-corrected chi connectivity index (χ3v) is 6.51. The van der Waals surface area contributed by atoms with Gasteiger partial charge in [-0.15, -0.1) is 0 Å². The summed E-state index contributed by atoms with van der Waals surface area (Å²) in [6.07, 6.45) is 14.0. The SMILES string of the molecule is CCCCc1c(O)ccc(Cc2ccc(O)c(CCCC)c2CCCC)c1CCCC. The fraction of sp³-hybridized carbons (Fsp3) is 0.586. The van der Waals surface area contributed by atoms with E-state index in [1.165, 1.54) is 22.3 Å². The van der Waals surface area contributed by atoms with Gasteiger partial charge in [-0.1, -0.05) is 65.5 Å². The van der Waals surface area contributed by atoms with E-state index in [4.69, 9.17) is 0 Å². The molecule has 0 saturated carbocycles. The molecule has 0 fully saturated rings. The molecular weight excluding hydrogens is 380 g/mol. The van der Waals surface area contributed by atoms with E-state index >= 15 is 0 Å². The molecule has 0 aromatic heterocycles. The van der Waals surface area contributed by atoms with Crippen molar-refractivity contribution < 1.29 is 10.2 Å². The van der Waals surface area contributed by atoms with Crippen LogP contribution in [-0.2, 0) is 32.1 Å². The summed E-state index contributed by atoms with van der Waals surface area (Å²) in [6.45, 7) is 8.88. The van der Waals surface area contributed by atoms with Gasteiger partial charge >= 0.3 is 0 Å². The van der Waals surface area contributed by atoms with Crippen molar-refractivity contribution in [2.24, 2.45) is 0 Å². The van der Waals surface area contributed by atoms with E-state index in [0.717, 1.165) is 94.6 Å². The Kier molecular flexibility index (Phi) is 11.0. The molecule has 0 bridgehead atoms. The van der Waals surface area contributed by atoms with Gasteiger partial charge in [0.15, 0.2) is 0 Å². The van der Waals surface area contributed by atoms with Gasteiger partial charge in [0.25, 0.3) is 0 Å². The van der Waals surface area contributed by atoms with E-state index in [0.29, 0.717) is 11.5 Å². The Morgan fingerprint density at radius 2 is 0.806 bits per heavy atom. The van der Waals surface area contributed by atoms with Gasteiger partial charge in [0, 0.05) is 0 Å². The zero-order valence-corrected chi connectivity index (χ0v) is 20.4. The summed E-state index contributed by atoms with van der Waals surface area (Å²) in [6, 6.07) is 8.08. The van der Waals surface area contributed by atoms with Crippen LogP contribution >= 0.6 is 0 Å². The highest BCUT2D eigenvalue weighted by Crippen LogP contribution is 2.33. The molecule has 0 amide bonds. The van der Waals surface area contributed by atoms with E-state index in [-0.39, 0.29) is 0 Å². The summed E-state index contributed by atoms with van der Waals surface area (Å²) in [5.41, 5.74) is 7.74. The molecule has 2 aromatic carbocycles. The zero-order valence-electron chi connectivity index (χ0n) is 20.4. The molecular formula is C29H44O2. The maximum atomic E-state index is 10.6. The minimum atomic E-state index is 0.462. The van der Waals surface area contributed by atoms with Gasteiger partial charge in [-0.3, -0.25) is 0 Å². The highest BCUT2D eigenvalue weighted by Gasteiger charge is 2.17. The van der Waals surface area contributed by atoms with Crippen LogP contribution in [0.1, 0.15) is 112 Å². The maximum absolute atomic E-state index is 10.6. The minimum Gasteiger partial charge on any atom is -0.508 e. The van der Waals surface area contributed by atoms with Crippen LogP contribution < -0.4 is 0 Å². The van der Waals surface area contributed by atoms with Gasteiger partial charge < -0.3 is 10.2 Å². The third-order valence-electron chi connectivity index (χ3n) is 6.51. The van der Waals surface area contributed by atoms with Crippen molar-refractivity contribution in [2.75, 3.05) is 0 Å². The highest BCUT2D eigenvalue weighted by atomic mass is 16.3. The predicted octanol–water partition coefficient (Wildman–Crippen LogP) is 8.06. The molecule has 0 aliphatic rings. The monoisotopic (exact) mass is 424 g/mol. The second-order valence-corrected chi connectivity index (χ2v) is 8.99. The van der Waals surface area contributed by atoms with E-state index in [1.807, 2.05) is 12.1 Å². The number of aromatic hydroxyl groups is 2. The molecule has 2 N–H and O–H groups in total. The van der Waals surface area contributed by atoms with Gasteiger partial charge in [0.05, 0.1) is 0 Å². The summed E-state index contributed by atoms with van der Waals surface area (Å²) >= 11 is 0. The number of rotatable bonds is 14. The molecule has 2 aromatic rings. The molecule has 0 aliphatic heterocycles. The molecule has 0 unspecified atom stereocenters. The molecule has 2 nitrogen and oxygen atoms in total. The van der Waals surface area contributed by atoms with E-state index in [2.05, 4.69) is 39.8 Å². The van der Waals surface area contributed by atoms with Crippen LogP contribution in [-0.4, -0.2) is 10.2 Å². The Balaban J connectivity index is 2.50. The molecule has 0 atom stereocenters. The molecule has 0 aliphatic carbocycles. The van der Waals surface area contributed by atoms with Crippen molar-refractivity contribution in [3.63, 3.8) is 0 Å². The largest absolute Gasteiger partial charge is 0.508 e. The average molecular weight is 425 g/mol. The number of phenols is 2. The lowest BCUT2D eigenvalue weighted by molar-refractivity contribution is 0.465. The Morgan fingerprint density at radius 1 is 0.484 bits per heavy atom. The number of hydrogen-bond donors (Lipinski definition) is 2. The van der Waals surface area contributed by atoms with Crippen LogP contribution in [0.4, 0.5) is 0 Å². The van der Waals surface area contributed by atoms with Crippen molar-refractivity contribution in [1.29, 1.82) is 0 Å². The molecule has 31 heavy (non-hydrogen) atoms. The van der Waals surface area contributed by atoms with Crippen molar-refractivity contribution in [1.82, 2.24) is 0 Å². The summed E-state index contributed by atoms with van der Waals surface area (Å²) in [5.74, 6) is 0.924. The average Bonchev–Trinajstić information content (AvgIpc) is 2.77. The molecule has 2 rings (SSSR count). The Labute approximate surface area is 190 Å². The maximum Gasteiger partial charge on any atom is 0.119 e. The second-order valence-electron chi connectivity index (χ2n) is 8.99. The first-order valence-corrected chi connectivity index (χ1v) is 12.7. The van der Waals surface area contributed by atoms with Crippen LogP contribution in [0.5, 0.6) is 11.5 Å². The Bertz CT molecular complexity index is 739. The van der Waals surface area contributed by atoms with Gasteiger partial charge in [-0.05, 0) is 103 Å². The smallest absolute Gasteiger partial charge is 0.119 e. The molecule has 0 radical (unpaired) electrons. The first kappa shape index (κ1) is 25.3. The Hall–Kier alpha value is -1.96. The Morgan fingerprint density at radius 3 is 1.13 bits per heavy atom. The summed E-state index contributed by atoms with van der Waals surface area (Å²) in [7, 11) is 0. The number of phenolic OH excluding ortho intramolecular Hbond substituents is 2. The fourth-order valence-electron chi connectivity index (χ4n) is 4.59. The number of hydrogen-bond acceptors (Lipinski definition) is 2. The number of unbranched alkanes of at least 4 members (excludes halogenated alkanes) is 4. The molecule has 2 heteroatoms. The van der Waals surface area contributed by atoms with Gasteiger partial charge in [0.2, 0.25) is 0 Å². The van der Waals surface area contributed by atoms with Crippen molar-refractivity contribution in [3.8, 4) is 11.5 Å². The van der Waals surface area contributed by atoms with Crippen molar-refractivity contribution in [3.05, 3.63) is 57.6 Å². The van der Waals surface area contributed by atoms with Crippen LogP contribution in [0.3, 0.4) is 0 Å². The van der Waals surface area contributed by atoms with Gasteiger partial charge in [-0.2, -0.15) is 0 Å².